The van der Waals surface area contributed by atoms with Crippen molar-refractivity contribution in [3.05, 3.63) is 66.0 Å². The van der Waals surface area contributed by atoms with Gasteiger partial charge in [0.1, 0.15) is 11.5 Å². The van der Waals surface area contributed by atoms with Gasteiger partial charge in [0.15, 0.2) is 0 Å². The highest BCUT2D eigenvalue weighted by Gasteiger charge is 2.34. The monoisotopic (exact) mass is 327 g/mol. The van der Waals surface area contributed by atoms with E-state index >= 15 is 0 Å². The summed E-state index contributed by atoms with van der Waals surface area (Å²) in [6, 6.07) is 16.9. The topological polar surface area (TPSA) is 44.4 Å². The second-order valence-corrected chi connectivity index (χ2v) is 6.21. The van der Waals surface area contributed by atoms with Gasteiger partial charge in [-0.15, -0.1) is 0 Å². The first-order valence-electron chi connectivity index (χ1n) is 8.21. The number of likely N-dealkylation sites (tertiary alicyclic amines) is 1. The maximum Gasteiger partial charge on any atom is 0.208 e. The molecule has 0 spiro atoms. The van der Waals surface area contributed by atoms with Gasteiger partial charge in [-0.25, -0.2) is 4.39 Å². The molecule has 3 rings (SSSR count). The van der Waals surface area contributed by atoms with Crippen LogP contribution >= 0.6 is 0 Å². The van der Waals surface area contributed by atoms with Gasteiger partial charge in [-0.1, -0.05) is 42.5 Å². The van der Waals surface area contributed by atoms with E-state index in [9.17, 15) is 9.18 Å². The van der Waals surface area contributed by atoms with Crippen LogP contribution in [0.1, 0.15) is 18.4 Å². The molecule has 0 bridgehead atoms. The highest BCUT2D eigenvalue weighted by atomic mass is 19.1. The van der Waals surface area contributed by atoms with E-state index in [2.05, 4.69) is 27.7 Å². The van der Waals surface area contributed by atoms with Crippen molar-refractivity contribution in [2.24, 2.45) is 0 Å². The molecule has 2 aromatic rings. The van der Waals surface area contributed by atoms with Crippen molar-refractivity contribution in [2.45, 2.75) is 25.0 Å². The van der Waals surface area contributed by atoms with E-state index in [0.29, 0.717) is 24.9 Å². The number of halogens is 1. The smallest absolute Gasteiger partial charge is 0.208 e. The first-order valence-corrected chi connectivity index (χ1v) is 8.21. The van der Waals surface area contributed by atoms with E-state index in [0.717, 1.165) is 19.6 Å². The van der Waals surface area contributed by atoms with Crippen molar-refractivity contribution in [1.82, 2.24) is 10.2 Å². The van der Waals surface area contributed by atoms with E-state index < -0.39 is 5.66 Å². The highest BCUT2D eigenvalue weighted by Crippen LogP contribution is 2.26. The molecule has 126 valence electrons. The van der Waals surface area contributed by atoms with E-state index in [1.54, 1.807) is 18.2 Å². The second-order valence-electron chi connectivity index (χ2n) is 6.21. The summed E-state index contributed by atoms with van der Waals surface area (Å²) in [4.78, 5) is 13.4. The fourth-order valence-electron chi connectivity index (χ4n) is 3.17. The van der Waals surface area contributed by atoms with E-state index in [-0.39, 0.29) is 5.82 Å². The van der Waals surface area contributed by atoms with Crippen molar-refractivity contribution in [2.75, 3.05) is 18.4 Å². The zero-order valence-electron chi connectivity index (χ0n) is 13.5. The van der Waals surface area contributed by atoms with Crippen LogP contribution in [0, 0.1) is 5.82 Å². The molecule has 24 heavy (non-hydrogen) atoms. The molecule has 1 saturated heterocycles. The quantitative estimate of drug-likeness (QED) is 0.633. The molecule has 0 aliphatic carbocycles. The number of rotatable bonds is 6. The van der Waals surface area contributed by atoms with Crippen molar-refractivity contribution in [3.63, 3.8) is 0 Å². The number of nitrogens with one attached hydrogen (secondary N) is 2. The van der Waals surface area contributed by atoms with Gasteiger partial charge in [-0.05, 0) is 17.7 Å². The molecule has 1 heterocycles. The molecule has 0 unspecified atom stereocenters. The Balaban J connectivity index is 1.65. The van der Waals surface area contributed by atoms with Crippen LogP contribution in [0.5, 0.6) is 0 Å². The van der Waals surface area contributed by atoms with Gasteiger partial charge in [0.25, 0.3) is 0 Å². The van der Waals surface area contributed by atoms with Crippen molar-refractivity contribution in [1.29, 1.82) is 0 Å². The predicted octanol–water partition coefficient (Wildman–Crippen LogP) is 2.98. The fourth-order valence-corrected chi connectivity index (χ4v) is 3.17. The lowest BCUT2D eigenvalue weighted by Crippen LogP contribution is -2.57. The molecule has 0 aromatic heterocycles. The highest BCUT2D eigenvalue weighted by molar-refractivity contribution is 5.53. The summed E-state index contributed by atoms with van der Waals surface area (Å²) in [5.41, 5.74) is 1.09. The van der Waals surface area contributed by atoms with Gasteiger partial charge in [-0.2, -0.15) is 0 Å². The van der Waals surface area contributed by atoms with Crippen LogP contribution in [0.3, 0.4) is 0 Å². The van der Waals surface area contributed by atoms with Gasteiger partial charge in [0.2, 0.25) is 6.41 Å². The average Bonchev–Trinajstić information content (AvgIpc) is 2.60. The van der Waals surface area contributed by atoms with E-state index in [1.807, 2.05) is 18.2 Å². The molecule has 1 aliphatic rings. The van der Waals surface area contributed by atoms with Crippen LogP contribution in [-0.2, 0) is 11.3 Å². The molecule has 0 saturated carbocycles. The fraction of sp³-hybridized carbons (Fsp3) is 0.316. The zero-order chi connectivity index (χ0) is 16.8. The van der Waals surface area contributed by atoms with Crippen LogP contribution < -0.4 is 10.6 Å². The normalized spacial score (nSPS) is 17.2. The minimum Gasteiger partial charge on any atom is -0.360 e. The Hall–Kier alpha value is -2.40. The Labute approximate surface area is 141 Å². The van der Waals surface area contributed by atoms with Crippen LogP contribution in [0.2, 0.25) is 0 Å². The third kappa shape index (κ3) is 3.92. The molecule has 2 N–H and O–H groups in total. The lowest BCUT2D eigenvalue weighted by molar-refractivity contribution is -0.111. The van der Waals surface area contributed by atoms with Crippen LogP contribution in [0.15, 0.2) is 54.6 Å². The first kappa shape index (κ1) is 16.5. The Morgan fingerprint density at radius 1 is 1.04 bits per heavy atom. The van der Waals surface area contributed by atoms with Gasteiger partial charge < -0.3 is 10.6 Å². The molecule has 2 aromatic carbocycles. The number of carbonyl (C=O) groups excluding carboxylic acids is 1. The van der Waals surface area contributed by atoms with Crippen molar-refractivity contribution >= 4 is 12.1 Å². The molecule has 0 atom stereocenters. The number of piperidine rings is 1. The lowest BCUT2D eigenvalue weighted by atomic mass is 9.95. The Morgan fingerprint density at radius 2 is 1.71 bits per heavy atom. The van der Waals surface area contributed by atoms with Crippen molar-refractivity contribution < 1.29 is 9.18 Å². The van der Waals surface area contributed by atoms with Crippen LogP contribution in [0.25, 0.3) is 0 Å². The molecule has 4 nitrogen and oxygen atoms in total. The Bertz CT molecular complexity index is 669. The lowest BCUT2D eigenvalue weighted by Gasteiger charge is -2.42. The number of para-hydroxylation sites is 1. The standard InChI is InChI=1S/C19H22FN3O/c20-17-8-4-5-9-18(17)22-19(21-15-24)10-12-23(13-11-19)14-16-6-2-1-3-7-16/h1-9,15,22H,10-14H2,(H,21,24). The minimum atomic E-state index is -0.600. The SMILES string of the molecule is O=CNC1(Nc2ccccc2F)CCN(Cc2ccccc2)CC1. The number of anilines is 1. The van der Waals surface area contributed by atoms with Crippen molar-refractivity contribution in [3.8, 4) is 0 Å². The molecular formula is C19H22FN3O. The number of amides is 1. The van der Waals surface area contributed by atoms with Crippen LogP contribution in [0.4, 0.5) is 10.1 Å². The number of benzene rings is 2. The van der Waals surface area contributed by atoms with Gasteiger partial charge in [-0.3, -0.25) is 9.69 Å². The van der Waals surface area contributed by atoms with Gasteiger partial charge in [0, 0.05) is 32.5 Å². The summed E-state index contributed by atoms with van der Waals surface area (Å²) in [5.74, 6) is -0.309. The number of carbonyl (C=O) groups is 1. The molecule has 0 radical (unpaired) electrons. The van der Waals surface area contributed by atoms with Gasteiger partial charge in [0.05, 0.1) is 5.69 Å². The third-order valence-electron chi connectivity index (χ3n) is 4.54. The summed E-state index contributed by atoms with van der Waals surface area (Å²) in [5, 5.41) is 6.08. The third-order valence-corrected chi connectivity index (χ3v) is 4.54. The number of hydrogen-bond donors (Lipinski definition) is 2. The largest absolute Gasteiger partial charge is 0.360 e. The first-order chi connectivity index (χ1) is 11.7. The average molecular weight is 327 g/mol. The molecule has 1 fully saturated rings. The van der Waals surface area contributed by atoms with E-state index in [4.69, 9.17) is 0 Å². The number of hydrogen-bond acceptors (Lipinski definition) is 3. The summed E-state index contributed by atoms with van der Waals surface area (Å²) >= 11 is 0. The van der Waals surface area contributed by atoms with Gasteiger partial charge >= 0.3 is 0 Å². The summed E-state index contributed by atoms with van der Waals surface area (Å²) in [6.45, 7) is 2.55. The summed E-state index contributed by atoms with van der Waals surface area (Å²) in [7, 11) is 0. The van der Waals surface area contributed by atoms with E-state index in [1.165, 1.54) is 11.6 Å². The minimum absolute atomic E-state index is 0.309. The molecule has 5 heteroatoms. The number of nitrogens with zero attached hydrogens (tertiary/aromatic N) is 1. The molecule has 1 amide bonds. The Kier molecular flexibility index (Phi) is 5.11. The zero-order valence-corrected chi connectivity index (χ0v) is 13.5. The Morgan fingerprint density at radius 3 is 2.38 bits per heavy atom. The van der Waals surface area contributed by atoms with Crippen LogP contribution in [-0.4, -0.2) is 30.1 Å². The maximum absolute atomic E-state index is 13.9. The molecular weight excluding hydrogens is 305 g/mol. The predicted molar refractivity (Wildman–Crippen MR) is 92.9 cm³/mol. The summed E-state index contributed by atoms with van der Waals surface area (Å²) < 4.78 is 13.9. The molecule has 1 aliphatic heterocycles. The maximum atomic E-state index is 13.9. The summed E-state index contributed by atoms with van der Waals surface area (Å²) in [6.07, 6.45) is 2.13. The second kappa shape index (κ2) is 7.45.